The predicted molar refractivity (Wildman–Crippen MR) is 196 cm³/mol. The van der Waals surface area contributed by atoms with Crippen LogP contribution in [0.15, 0.2) is 0 Å². The van der Waals surface area contributed by atoms with Crippen molar-refractivity contribution in [2.75, 3.05) is 35.4 Å². The molecule has 0 aromatic heterocycles. The minimum atomic E-state index is -1.73. The fourth-order valence-corrected chi connectivity index (χ4v) is 9.01. The van der Waals surface area contributed by atoms with Crippen LogP contribution in [0.2, 0.25) is 0 Å². The van der Waals surface area contributed by atoms with Gasteiger partial charge in [0.05, 0.1) is 47.6 Å². The van der Waals surface area contributed by atoms with Crippen molar-refractivity contribution >= 4 is 11.8 Å². The van der Waals surface area contributed by atoms with Crippen molar-refractivity contribution in [2.24, 2.45) is 23.7 Å². The number of hydrogen-bond donors (Lipinski definition) is 3. The molecule has 53 heavy (non-hydrogen) atoms. The Morgan fingerprint density at radius 1 is 0.849 bits per heavy atom. The minimum Gasteiger partial charge on any atom is -0.459 e. The van der Waals surface area contributed by atoms with Crippen LogP contribution in [0.5, 0.6) is 0 Å². The standard InChI is InChI=1S/C39H71NO13/c1-16-27-39(10,45)34(46-13)22(4)29(41)20(2)18-38(9,48-15)33(53-36-30(42)26(40(11)12)17-21(3)49-36)23(5)31(24(6)35(44)51-27)52-28-19-37(8,47-14)32(43)25(7)50-28/h20-28,30-34,36,42-43,45H,16-19H2,1-15H3/t20-,21-,22+,23+,24-,25+,26+,27-,28+,30-,31+,32+,33-,34-,36+,37-,38-,39-/m1/s1. The third-order valence-electron chi connectivity index (χ3n) is 12.5. The molecule has 3 rings (SSSR count). The van der Waals surface area contributed by atoms with E-state index >= 15 is 0 Å². The number of aliphatic hydroxyl groups is 3. The van der Waals surface area contributed by atoms with Crippen molar-refractivity contribution in [3.05, 3.63) is 0 Å². The summed E-state index contributed by atoms with van der Waals surface area (Å²) in [4.78, 5) is 30.5. The van der Waals surface area contributed by atoms with Crippen LogP contribution in [-0.4, -0.2) is 152 Å². The summed E-state index contributed by atoms with van der Waals surface area (Å²) < 4.78 is 50.0. The maximum atomic E-state index is 14.3. The van der Waals surface area contributed by atoms with Crippen molar-refractivity contribution in [1.29, 1.82) is 0 Å². The minimum absolute atomic E-state index is 0.144. The number of rotatable bonds is 9. The zero-order valence-electron chi connectivity index (χ0n) is 34.9. The van der Waals surface area contributed by atoms with Gasteiger partial charge in [0.1, 0.15) is 29.7 Å². The lowest BCUT2D eigenvalue weighted by molar-refractivity contribution is -0.319. The van der Waals surface area contributed by atoms with Gasteiger partial charge in [-0.05, 0) is 74.9 Å². The second-order valence-corrected chi connectivity index (χ2v) is 16.8. The first-order chi connectivity index (χ1) is 24.5. The highest BCUT2D eigenvalue weighted by molar-refractivity contribution is 5.83. The lowest BCUT2D eigenvalue weighted by Gasteiger charge is -2.50. The number of hydrogen-bond acceptors (Lipinski definition) is 14. The predicted octanol–water partition coefficient (Wildman–Crippen LogP) is 3.09. The molecule has 0 amide bonds. The molecule has 0 aromatic rings. The number of ether oxygens (including phenoxy) is 8. The summed E-state index contributed by atoms with van der Waals surface area (Å²) in [6.07, 6.45) is -7.72. The smallest absolute Gasteiger partial charge is 0.311 e. The van der Waals surface area contributed by atoms with Crippen molar-refractivity contribution < 1.29 is 62.8 Å². The number of aliphatic hydroxyl groups excluding tert-OH is 2. The van der Waals surface area contributed by atoms with Crippen LogP contribution in [0.3, 0.4) is 0 Å². The first-order valence-electron chi connectivity index (χ1n) is 19.3. The Bertz CT molecular complexity index is 1200. The molecule has 0 unspecified atom stereocenters. The Morgan fingerprint density at radius 3 is 1.98 bits per heavy atom. The topological polar surface area (TPSA) is 172 Å². The van der Waals surface area contributed by atoms with Gasteiger partial charge in [0.25, 0.3) is 0 Å². The molecule has 0 bridgehead atoms. The lowest BCUT2D eigenvalue weighted by Crippen LogP contribution is -2.61. The molecule has 0 radical (unpaired) electrons. The Morgan fingerprint density at radius 2 is 1.45 bits per heavy atom. The van der Waals surface area contributed by atoms with Crippen LogP contribution in [0, 0.1) is 23.7 Å². The molecule has 14 nitrogen and oxygen atoms in total. The maximum absolute atomic E-state index is 14.3. The lowest BCUT2D eigenvalue weighted by atomic mass is 9.73. The maximum Gasteiger partial charge on any atom is 0.311 e. The molecular weight excluding hydrogens is 690 g/mol. The fourth-order valence-electron chi connectivity index (χ4n) is 9.01. The zero-order chi connectivity index (χ0) is 40.4. The van der Waals surface area contributed by atoms with Gasteiger partial charge in [-0.2, -0.15) is 0 Å². The molecule has 310 valence electrons. The van der Waals surface area contributed by atoms with Gasteiger partial charge in [0.2, 0.25) is 0 Å². The van der Waals surface area contributed by atoms with Crippen LogP contribution >= 0.6 is 0 Å². The summed E-state index contributed by atoms with van der Waals surface area (Å²) >= 11 is 0. The molecule has 0 aliphatic carbocycles. The summed E-state index contributed by atoms with van der Waals surface area (Å²) in [5, 5.41) is 34.5. The van der Waals surface area contributed by atoms with Gasteiger partial charge in [-0.3, -0.25) is 9.59 Å². The number of nitrogens with zero attached hydrogens (tertiary/aromatic N) is 1. The second-order valence-electron chi connectivity index (χ2n) is 16.8. The average Bonchev–Trinajstić information content (AvgIpc) is 3.10. The number of ketones is 1. The van der Waals surface area contributed by atoms with Crippen LogP contribution in [0.1, 0.15) is 94.9 Å². The molecule has 0 saturated carbocycles. The van der Waals surface area contributed by atoms with E-state index in [2.05, 4.69) is 0 Å². The Kier molecular flexibility index (Phi) is 15.9. The van der Waals surface area contributed by atoms with E-state index in [1.54, 1.807) is 34.6 Å². The van der Waals surface area contributed by atoms with Crippen LogP contribution in [0.25, 0.3) is 0 Å². The SMILES string of the molecule is CC[C@H]1OC(=O)[C@H](C)[C@@H](O[C@H]2C[C@@](C)(OC)[C@@H](O)[C@H](C)O2)[C@H](C)[C@@H](O[C@@H]2O[C@H](C)C[C@H](N(C)C)[C@H]2O)[C@](C)(OC)C[C@@H](C)C(=O)[C@H](C)[C@@H](OC)[C@]1(C)O. The van der Waals surface area contributed by atoms with Gasteiger partial charge >= 0.3 is 5.97 Å². The molecule has 3 saturated heterocycles. The highest BCUT2D eigenvalue weighted by atomic mass is 16.7. The number of carbonyl (C=O) groups is 2. The van der Waals surface area contributed by atoms with Gasteiger partial charge in [-0.25, -0.2) is 0 Å². The summed E-state index contributed by atoms with van der Waals surface area (Å²) in [5.74, 6) is -3.88. The van der Waals surface area contributed by atoms with Crippen molar-refractivity contribution in [3.8, 4) is 0 Å². The number of methoxy groups -OCH3 is 3. The van der Waals surface area contributed by atoms with E-state index in [0.29, 0.717) is 6.42 Å². The Balaban J connectivity index is 2.24. The van der Waals surface area contributed by atoms with E-state index in [0.717, 1.165) is 0 Å². The molecule has 3 aliphatic heterocycles. The van der Waals surface area contributed by atoms with Gasteiger partial charge < -0.3 is 58.1 Å². The zero-order valence-corrected chi connectivity index (χ0v) is 34.9. The number of carbonyl (C=O) groups excluding carboxylic acids is 2. The molecule has 3 N–H and O–H groups in total. The molecule has 18 atom stereocenters. The van der Waals surface area contributed by atoms with Crippen molar-refractivity contribution in [2.45, 2.75) is 179 Å². The van der Waals surface area contributed by atoms with Gasteiger partial charge in [0, 0.05) is 51.5 Å². The van der Waals surface area contributed by atoms with Gasteiger partial charge in [-0.1, -0.05) is 27.7 Å². The molecule has 0 spiro atoms. The summed E-state index contributed by atoms with van der Waals surface area (Å²) in [5.41, 5.74) is -3.96. The normalized spacial score (nSPS) is 48.3. The molecule has 3 heterocycles. The van der Waals surface area contributed by atoms with Gasteiger partial charge in [0.15, 0.2) is 12.6 Å². The fraction of sp³-hybridized carbons (Fsp3) is 0.949. The van der Waals surface area contributed by atoms with Crippen LogP contribution in [-0.2, 0) is 47.5 Å². The van der Waals surface area contributed by atoms with E-state index in [1.807, 2.05) is 46.7 Å². The average molecular weight is 762 g/mol. The first-order valence-corrected chi connectivity index (χ1v) is 19.3. The third-order valence-corrected chi connectivity index (χ3v) is 12.5. The van der Waals surface area contributed by atoms with Crippen molar-refractivity contribution in [3.63, 3.8) is 0 Å². The highest BCUT2D eigenvalue weighted by Gasteiger charge is 2.54. The van der Waals surface area contributed by atoms with Crippen LogP contribution < -0.4 is 0 Å². The second kappa shape index (κ2) is 18.3. The largest absolute Gasteiger partial charge is 0.459 e. The Labute approximate surface area is 317 Å². The number of Topliss-reactive ketones (excluding diaryl/α,β-unsaturated/α-hetero) is 1. The molecular formula is C39H71NO13. The quantitative estimate of drug-likeness (QED) is 0.293. The van der Waals surface area contributed by atoms with E-state index < -0.39 is 102 Å². The number of likely N-dealkylation sites (N-methyl/N-ethyl adjacent to an activating group) is 1. The van der Waals surface area contributed by atoms with Gasteiger partial charge in [-0.15, -0.1) is 0 Å². The van der Waals surface area contributed by atoms with Crippen molar-refractivity contribution in [1.82, 2.24) is 4.90 Å². The summed E-state index contributed by atoms with van der Waals surface area (Å²) in [6, 6.07) is -0.270. The molecule has 3 aliphatic rings. The first kappa shape index (κ1) is 46.1. The highest BCUT2D eigenvalue weighted by Crippen LogP contribution is 2.42. The molecule has 3 fully saturated rings. The molecule has 14 heteroatoms. The van der Waals surface area contributed by atoms with E-state index in [-0.39, 0.29) is 37.2 Å². The van der Waals surface area contributed by atoms with E-state index in [9.17, 15) is 24.9 Å². The molecule has 0 aromatic carbocycles. The number of esters is 1. The Hall–Kier alpha value is -1.30. The van der Waals surface area contributed by atoms with E-state index in [4.69, 9.17) is 37.9 Å². The van der Waals surface area contributed by atoms with E-state index in [1.165, 1.54) is 28.3 Å². The number of cyclic esters (lactones) is 1. The van der Waals surface area contributed by atoms with Crippen LogP contribution in [0.4, 0.5) is 0 Å². The monoisotopic (exact) mass is 761 g/mol. The third kappa shape index (κ3) is 9.81. The summed E-state index contributed by atoms with van der Waals surface area (Å²) in [7, 11) is 8.26. The summed E-state index contributed by atoms with van der Waals surface area (Å²) in [6.45, 7) is 17.7.